The topological polar surface area (TPSA) is 56.3 Å². The van der Waals surface area contributed by atoms with E-state index in [1.807, 2.05) is 6.92 Å². The second-order valence-corrected chi connectivity index (χ2v) is 8.67. The number of nitrogens with one attached hydrogen (secondary N) is 2. The van der Waals surface area contributed by atoms with E-state index in [0.29, 0.717) is 17.6 Å². The predicted octanol–water partition coefficient (Wildman–Crippen LogP) is 4.25. The van der Waals surface area contributed by atoms with E-state index in [2.05, 4.69) is 55.7 Å². The van der Waals surface area contributed by atoms with Gasteiger partial charge in [0.15, 0.2) is 5.11 Å². The summed E-state index contributed by atoms with van der Waals surface area (Å²) in [7, 11) is 0. The number of rotatable bonds is 5. The maximum absolute atomic E-state index is 5.49. The van der Waals surface area contributed by atoms with Gasteiger partial charge in [0.05, 0.1) is 0 Å². The number of benzene rings is 1. The first-order valence-electron chi connectivity index (χ1n) is 11.2. The number of nitrogens with zero attached hydrogens (tertiary/aromatic N) is 4. The Morgan fingerprint density at radius 3 is 2.23 bits per heavy atom. The van der Waals surface area contributed by atoms with E-state index in [4.69, 9.17) is 17.2 Å². The van der Waals surface area contributed by atoms with Crippen molar-refractivity contribution in [2.24, 2.45) is 0 Å². The minimum Gasteiger partial charge on any atom is -0.372 e. The summed E-state index contributed by atoms with van der Waals surface area (Å²) >= 11 is 5.49. The number of hydrogen-bond donors (Lipinski definition) is 2. The van der Waals surface area contributed by atoms with Crippen LogP contribution in [0.5, 0.6) is 0 Å². The van der Waals surface area contributed by atoms with Crippen molar-refractivity contribution in [1.82, 2.24) is 15.3 Å². The highest BCUT2D eigenvalue weighted by Gasteiger charge is 2.14. The smallest absolute Gasteiger partial charge is 0.231 e. The van der Waals surface area contributed by atoms with Crippen LogP contribution >= 0.6 is 12.2 Å². The van der Waals surface area contributed by atoms with E-state index in [1.165, 1.54) is 62.9 Å². The Kier molecular flexibility index (Phi) is 7.00. The molecule has 0 amide bonds. The summed E-state index contributed by atoms with van der Waals surface area (Å²) in [6.45, 7) is 7.14. The third-order valence-corrected chi connectivity index (χ3v) is 6.10. The van der Waals surface area contributed by atoms with Crippen molar-refractivity contribution < 1.29 is 0 Å². The first-order chi connectivity index (χ1) is 14.7. The lowest BCUT2D eigenvalue weighted by molar-refractivity contribution is 0.726. The van der Waals surface area contributed by atoms with Gasteiger partial charge in [0.1, 0.15) is 5.82 Å². The van der Waals surface area contributed by atoms with Gasteiger partial charge in [0.25, 0.3) is 0 Å². The van der Waals surface area contributed by atoms with E-state index in [0.717, 1.165) is 24.6 Å². The van der Waals surface area contributed by atoms with Crippen molar-refractivity contribution in [1.29, 1.82) is 0 Å². The van der Waals surface area contributed by atoms with Gasteiger partial charge in [-0.15, -0.1) is 0 Å². The van der Waals surface area contributed by atoms with Crippen molar-refractivity contribution in [2.45, 2.75) is 52.0 Å². The van der Waals surface area contributed by atoms with Gasteiger partial charge < -0.3 is 20.4 Å². The highest BCUT2D eigenvalue weighted by atomic mass is 32.1. The van der Waals surface area contributed by atoms with Crippen molar-refractivity contribution in [3.63, 3.8) is 0 Å². The number of aryl methyl sites for hydroxylation is 1. The Labute approximate surface area is 185 Å². The Morgan fingerprint density at radius 2 is 1.53 bits per heavy atom. The molecule has 0 atom stereocenters. The van der Waals surface area contributed by atoms with Crippen molar-refractivity contribution in [3.8, 4) is 0 Å². The van der Waals surface area contributed by atoms with Gasteiger partial charge in [-0.3, -0.25) is 0 Å². The largest absolute Gasteiger partial charge is 0.372 e. The van der Waals surface area contributed by atoms with Gasteiger partial charge in [-0.25, -0.2) is 4.98 Å². The molecular weight excluding hydrogens is 392 g/mol. The highest BCUT2D eigenvalue weighted by molar-refractivity contribution is 7.80. The molecule has 0 unspecified atom stereocenters. The Morgan fingerprint density at radius 1 is 0.900 bits per heavy atom. The monoisotopic (exact) mass is 424 g/mol. The summed E-state index contributed by atoms with van der Waals surface area (Å²) in [5.74, 6) is 1.56. The van der Waals surface area contributed by atoms with E-state index in [-0.39, 0.29) is 0 Å². The Hall–Kier alpha value is -2.41. The summed E-state index contributed by atoms with van der Waals surface area (Å²) in [6, 6.07) is 10.8. The molecule has 3 heterocycles. The third-order valence-electron chi connectivity index (χ3n) is 5.86. The molecular formula is C23H32N6S. The summed E-state index contributed by atoms with van der Waals surface area (Å²) in [5.41, 5.74) is 3.47. The van der Waals surface area contributed by atoms with Gasteiger partial charge in [0.2, 0.25) is 5.95 Å². The maximum Gasteiger partial charge on any atom is 0.231 e. The lowest BCUT2D eigenvalue weighted by atomic mass is 10.2. The van der Waals surface area contributed by atoms with Gasteiger partial charge in [-0.1, -0.05) is 25.0 Å². The number of hydrogen-bond acceptors (Lipinski definition) is 5. The molecule has 0 radical (unpaired) electrons. The highest BCUT2D eigenvalue weighted by Crippen LogP contribution is 2.21. The third kappa shape index (κ3) is 5.59. The molecule has 1 aromatic heterocycles. The van der Waals surface area contributed by atoms with Crippen LogP contribution in [0.4, 0.5) is 17.5 Å². The van der Waals surface area contributed by atoms with Crippen molar-refractivity contribution in [2.75, 3.05) is 41.3 Å². The molecule has 7 heteroatoms. The van der Waals surface area contributed by atoms with Crippen LogP contribution in [0.15, 0.2) is 30.3 Å². The number of aromatic nitrogens is 2. The minimum atomic E-state index is 0.547. The first-order valence-corrected chi connectivity index (χ1v) is 11.6. The SMILES string of the molecule is Cc1cc(N2CCCCCC2)nc(NC(=S)NCc2ccc(N3CCCC3)cc2)n1. The molecule has 2 aliphatic heterocycles. The van der Waals surface area contributed by atoms with E-state index in [9.17, 15) is 0 Å². The average Bonchev–Trinajstić information content (AvgIpc) is 3.14. The summed E-state index contributed by atoms with van der Waals surface area (Å²) < 4.78 is 0. The number of anilines is 3. The van der Waals surface area contributed by atoms with E-state index < -0.39 is 0 Å². The maximum atomic E-state index is 5.49. The average molecular weight is 425 g/mol. The van der Waals surface area contributed by atoms with Crippen LogP contribution in [0.2, 0.25) is 0 Å². The summed E-state index contributed by atoms with van der Waals surface area (Å²) in [6.07, 6.45) is 7.65. The van der Waals surface area contributed by atoms with E-state index in [1.54, 1.807) is 0 Å². The fourth-order valence-corrected chi connectivity index (χ4v) is 4.36. The molecule has 0 spiro atoms. The van der Waals surface area contributed by atoms with E-state index >= 15 is 0 Å². The van der Waals surface area contributed by atoms with Crippen LogP contribution < -0.4 is 20.4 Å². The molecule has 0 bridgehead atoms. The minimum absolute atomic E-state index is 0.547. The fourth-order valence-electron chi connectivity index (χ4n) is 4.20. The molecule has 2 aromatic rings. The first kappa shape index (κ1) is 20.8. The molecule has 0 aliphatic carbocycles. The zero-order valence-corrected chi connectivity index (χ0v) is 18.7. The van der Waals surface area contributed by atoms with Gasteiger partial charge in [-0.2, -0.15) is 4.98 Å². The Balaban J connectivity index is 1.32. The lowest BCUT2D eigenvalue weighted by Gasteiger charge is -2.22. The molecule has 30 heavy (non-hydrogen) atoms. The fraction of sp³-hybridized carbons (Fsp3) is 0.522. The zero-order chi connectivity index (χ0) is 20.8. The van der Waals surface area contributed by atoms with Crippen LogP contribution in [0, 0.1) is 6.92 Å². The molecule has 2 saturated heterocycles. The standard InChI is InChI=1S/C23H32N6S/c1-18-16-21(29-14-4-2-3-5-15-29)26-22(25-18)27-23(30)24-17-19-8-10-20(11-9-19)28-12-6-7-13-28/h8-11,16H,2-7,12-15,17H2,1H3,(H2,24,25,26,27,30). The molecule has 2 fully saturated rings. The van der Waals surface area contributed by atoms with Crippen molar-refractivity contribution >= 4 is 34.8 Å². The molecule has 1 aromatic carbocycles. The number of thiocarbonyl (C=S) groups is 1. The summed E-state index contributed by atoms with van der Waals surface area (Å²) in [4.78, 5) is 14.1. The normalized spacial score (nSPS) is 17.0. The van der Waals surface area contributed by atoms with Crippen LogP contribution in [-0.2, 0) is 6.54 Å². The second-order valence-electron chi connectivity index (χ2n) is 8.26. The van der Waals surface area contributed by atoms with Crippen LogP contribution in [0.1, 0.15) is 49.8 Å². The van der Waals surface area contributed by atoms with Crippen LogP contribution in [-0.4, -0.2) is 41.3 Å². The lowest BCUT2D eigenvalue weighted by Crippen LogP contribution is -2.30. The van der Waals surface area contributed by atoms with Crippen molar-refractivity contribution in [3.05, 3.63) is 41.6 Å². The molecule has 0 saturated carbocycles. The van der Waals surface area contributed by atoms with Gasteiger partial charge >= 0.3 is 0 Å². The van der Waals surface area contributed by atoms with Gasteiger partial charge in [0, 0.05) is 50.2 Å². The Bertz CT molecular complexity index is 839. The predicted molar refractivity (Wildman–Crippen MR) is 128 cm³/mol. The summed E-state index contributed by atoms with van der Waals surface area (Å²) in [5, 5.41) is 6.99. The molecule has 4 rings (SSSR count). The molecule has 160 valence electrons. The second kappa shape index (κ2) is 10.1. The van der Waals surface area contributed by atoms with Crippen LogP contribution in [0.25, 0.3) is 0 Å². The van der Waals surface area contributed by atoms with Gasteiger partial charge in [-0.05, 0) is 62.5 Å². The molecule has 6 nitrogen and oxygen atoms in total. The molecule has 2 N–H and O–H groups in total. The zero-order valence-electron chi connectivity index (χ0n) is 17.9. The molecule has 2 aliphatic rings. The van der Waals surface area contributed by atoms with Crippen LogP contribution in [0.3, 0.4) is 0 Å². The quantitative estimate of drug-likeness (QED) is 0.696.